The number of halogens is 1. The van der Waals surface area contributed by atoms with Crippen molar-refractivity contribution in [3.05, 3.63) is 40.5 Å². The van der Waals surface area contributed by atoms with Crippen molar-refractivity contribution in [1.82, 2.24) is 28.9 Å². The molecule has 160 valence electrons. The Kier molecular flexibility index (Phi) is 5.93. The van der Waals surface area contributed by atoms with Crippen molar-refractivity contribution in [2.24, 2.45) is 7.05 Å². The van der Waals surface area contributed by atoms with Gasteiger partial charge in [0.1, 0.15) is 5.69 Å². The number of sulfonamides is 1. The fraction of sp³-hybridized carbons (Fsp3) is 0.421. The van der Waals surface area contributed by atoms with Gasteiger partial charge in [-0.3, -0.25) is 4.68 Å². The molecule has 0 amide bonds. The molecule has 0 fully saturated rings. The molecule has 0 atom stereocenters. The van der Waals surface area contributed by atoms with Gasteiger partial charge in [0.2, 0.25) is 10.0 Å². The van der Waals surface area contributed by atoms with Gasteiger partial charge in [-0.15, -0.1) is 10.2 Å². The summed E-state index contributed by atoms with van der Waals surface area (Å²) in [5.74, 6) is 1.57. The van der Waals surface area contributed by atoms with E-state index in [1.54, 1.807) is 36.0 Å². The molecule has 30 heavy (non-hydrogen) atoms. The predicted octanol–water partition coefficient (Wildman–Crippen LogP) is 3.21. The van der Waals surface area contributed by atoms with Gasteiger partial charge in [0.25, 0.3) is 0 Å². The highest BCUT2D eigenvalue weighted by molar-refractivity contribution is 7.99. The molecular formula is C19H23ClN6O2S2. The van der Waals surface area contributed by atoms with Gasteiger partial charge in [-0.05, 0) is 36.9 Å². The number of hydrogen-bond acceptors (Lipinski definition) is 6. The number of benzene rings is 1. The Morgan fingerprint density at radius 3 is 2.57 bits per heavy atom. The van der Waals surface area contributed by atoms with Crippen molar-refractivity contribution >= 4 is 33.4 Å². The average molecular weight is 467 g/mol. The van der Waals surface area contributed by atoms with Gasteiger partial charge in [-0.1, -0.05) is 30.3 Å². The van der Waals surface area contributed by atoms with Crippen LogP contribution in [0.25, 0.3) is 11.5 Å². The molecule has 4 rings (SSSR count). The van der Waals surface area contributed by atoms with E-state index in [2.05, 4.69) is 17.1 Å². The van der Waals surface area contributed by atoms with Crippen LogP contribution in [0.3, 0.4) is 0 Å². The molecule has 1 aliphatic rings. The smallest absolute Gasteiger partial charge is 0.243 e. The predicted molar refractivity (Wildman–Crippen MR) is 117 cm³/mol. The second-order valence-corrected chi connectivity index (χ2v) is 10.5. The lowest BCUT2D eigenvalue weighted by atomic mass is 10.1. The van der Waals surface area contributed by atoms with E-state index >= 15 is 0 Å². The van der Waals surface area contributed by atoms with Crippen molar-refractivity contribution in [2.45, 2.75) is 43.4 Å². The molecule has 0 bridgehead atoms. The first-order chi connectivity index (χ1) is 14.4. The lowest BCUT2D eigenvalue weighted by molar-refractivity contribution is 0.386. The van der Waals surface area contributed by atoms with Crippen LogP contribution >= 0.6 is 23.4 Å². The van der Waals surface area contributed by atoms with Crippen molar-refractivity contribution in [3.8, 4) is 11.5 Å². The van der Waals surface area contributed by atoms with Crippen molar-refractivity contribution in [1.29, 1.82) is 0 Å². The third kappa shape index (κ3) is 3.66. The lowest BCUT2D eigenvalue weighted by Crippen LogP contribution is -2.36. The first kappa shape index (κ1) is 21.4. The summed E-state index contributed by atoms with van der Waals surface area (Å²) in [5.41, 5.74) is 2.61. The highest BCUT2D eigenvalue weighted by atomic mass is 35.5. The first-order valence-electron chi connectivity index (χ1n) is 9.73. The maximum Gasteiger partial charge on any atom is 0.243 e. The van der Waals surface area contributed by atoms with Crippen LogP contribution in [0, 0.1) is 0 Å². The first-order valence-corrected chi connectivity index (χ1v) is 12.5. The molecular weight excluding hydrogens is 444 g/mol. The minimum absolute atomic E-state index is 0.235. The average Bonchev–Trinajstić information content (AvgIpc) is 3.28. The Hall–Kier alpha value is -1.88. The summed E-state index contributed by atoms with van der Waals surface area (Å²) < 4.78 is 31.7. The summed E-state index contributed by atoms with van der Waals surface area (Å²) in [6, 6.07) is 6.27. The Morgan fingerprint density at radius 2 is 1.90 bits per heavy atom. The fourth-order valence-electron chi connectivity index (χ4n) is 3.69. The van der Waals surface area contributed by atoms with E-state index in [0.717, 1.165) is 22.2 Å². The standard InChI is InChI=1S/C19H23ClN6O2S2/c1-4-26-18(21-22-19(26)29-5-2)17-15-12-25(11-10-16(15)24(3)23-17)30(27,28)14-8-6-13(20)7-9-14/h6-9H,4-5,10-12H2,1-3H3. The molecule has 11 heteroatoms. The number of fused-ring (bicyclic) bond motifs is 1. The molecule has 0 N–H and O–H groups in total. The highest BCUT2D eigenvalue weighted by Crippen LogP contribution is 2.33. The van der Waals surface area contributed by atoms with Gasteiger partial charge in [0.15, 0.2) is 11.0 Å². The van der Waals surface area contributed by atoms with Crippen LogP contribution in [-0.2, 0) is 36.6 Å². The van der Waals surface area contributed by atoms with Crippen LogP contribution in [0.4, 0.5) is 0 Å². The normalized spacial score (nSPS) is 14.8. The Balaban J connectivity index is 1.73. The molecule has 0 saturated carbocycles. The topological polar surface area (TPSA) is 85.9 Å². The number of aromatic nitrogens is 5. The molecule has 0 saturated heterocycles. The van der Waals surface area contributed by atoms with Crippen molar-refractivity contribution in [2.75, 3.05) is 12.3 Å². The van der Waals surface area contributed by atoms with Gasteiger partial charge < -0.3 is 4.57 Å². The van der Waals surface area contributed by atoms with E-state index in [-0.39, 0.29) is 11.4 Å². The highest BCUT2D eigenvalue weighted by Gasteiger charge is 2.33. The Morgan fingerprint density at radius 1 is 1.17 bits per heavy atom. The van der Waals surface area contributed by atoms with Crippen LogP contribution in [0.15, 0.2) is 34.3 Å². The van der Waals surface area contributed by atoms with Crippen LogP contribution in [-0.4, -0.2) is 49.6 Å². The third-order valence-corrected chi connectivity index (χ3v) is 8.14. The summed E-state index contributed by atoms with van der Waals surface area (Å²) in [5, 5.41) is 14.7. The molecule has 0 spiro atoms. The minimum atomic E-state index is -3.64. The van der Waals surface area contributed by atoms with E-state index in [9.17, 15) is 8.42 Å². The largest absolute Gasteiger partial charge is 0.301 e. The number of nitrogens with zero attached hydrogens (tertiary/aromatic N) is 6. The zero-order valence-electron chi connectivity index (χ0n) is 17.0. The maximum atomic E-state index is 13.2. The second-order valence-electron chi connectivity index (χ2n) is 6.92. The van der Waals surface area contributed by atoms with Crippen LogP contribution in [0.1, 0.15) is 25.1 Å². The lowest BCUT2D eigenvalue weighted by Gasteiger charge is -2.27. The fourth-order valence-corrected chi connectivity index (χ4v) is 5.96. The Bertz CT molecular complexity index is 1170. The molecule has 8 nitrogen and oxygen atoms in total. The van der Waals surface area contributed by atoms with E-state index in [1.807, 2.05) is 23.2 Å². The number of aryl methyl sites for hydroxylation is 1. The molecule has 1 aliphatic heterocycles. The summed E-state index contributed by atoms with van der Waals surface area (Å²) in [6.45, 7) is 5.47. The van der Waals surface area contributed by atoms with E-state index in [1.165, 1.54) is 4.31 Å². The third-order valence-electron chi connectivity index (χ3n) is 5.18. The van der Waals surface area contributed by atoms with Gasteiger partial charge in [-0.25, -0.2) is 8.42 Å². The second kappa shape index (κ2) is 8.33. The number of thioether (sulfide) groups is 1. The van der Waals surface area contributed by atoms with Gasteiger partial charge >= 0.3 is 0 Å². The SMILES string of the molecule is CCSc1nnc(-c2nn(C)c3c2CN(S(=O)(=O)c2ccc(Cl)cc2)CC3)n1CC. The van der Waals surface area contributed by atoms with E-state index < -0.39 is 10.0 Å². The Labute approximate surface area is 185 Å². The molecule has 3 heterocycles. The van der Waals surface area contributed by atoms with Crippen LogP contribution < -0.4 is 0 Å². The zero-order valence-corrected chi connectivity index (χ0v) is 19.4. The van der Waals surface area contributed by atoms with Crippen molar-refractivity contribution < 1.29 is 8.42 Å². The number of hydrogen-bond donors (Lipinski definition) is 0. The quantitative estimate of drug-likeness (QED) is 0.518. The van der Waals surface area contributed by atoms with E-state index in [4.69, 9.17) is 16.7 Å². The summed E-state index contributed by atoms with van der Waals surface area (Å²) in [4.78, 5) is 0.235. The summed E-state index contributed by atoms with van der Waals surface area (Å²) in [7, 11) is -1.75. The zero-order chi connectivity index (χ0) is 21.5. The summed E-state index contributed by atoms with van der Waals surface area (Å²) >= 11 is 7.55. The minimum Gasteiger partial charge on any atom is -0.301 e. The monoisotopic (exact) mass is 466 g/mol. The summed E-state index contributed by atoms with van der Waals surface area (Å²) in [6.07, 6.45) is 0.586. The molecule has 1 aromatic carbocycles. The van der Waals surface area contributed by atoms with Crippen molar-refractivity contribution in [3.63, 3.8) is 0 Å². The molecule has 0 unspecified atom stereocenters. The molecule has 3 aromatic rings. The maximum absolute atomic E-state index is 13.2. The van der Waals surface area contributed by atoms with Gasteiger partial charge in [0, 0.05) is 49.4 Å². The van der Waals surface area contributed by atoms with Crippen LogP contribution in [0.2, 0.25) is 5.02 Å². The van der Waals surface area contributed by atoms with E-state index in [0.29, 0.717) is 36.1 Å². The van der Waals surface area contributed by atoms with Gasteiger partial charge in [-0.2, -0.15) is 9.40 Å². The van der Waals surface area contributed by atoms with Crippen LogP contribution in [0.5, 0.6) is 0 Å². The molecule has 0 aliphatic carbocycles. The molecule has 0 radical (unpaired) electrons. The number of rotatable bonds is 6. The van der Waals surface area contributed by atoms with Gasteiger partial charge in [0.05, 0.1) is 4.90 Å². The molecule has 2 aromatic heterocycles.